The molecule has 21 heavy (non-hydrogen) atoms. The number of nitrogens with two attached hydrogens (primary N) is 1. The van der Waals surface area contributed by atoms with E-state index in [0.717, 1.165) is 38.5 Å². The summed E-state index contributed by atoms with van der Waals surface area (Å²) in [6.07, 6.45) is -2.50. The van der Waals surface area contributed by atoms with E-state index in [9.17, 15) is 13.2 Å². The number of benzene rings is 1. The lowest BCUT2D eigenvalue weighted by atomic mass is 10.1. The van der Waals surface area contributed by atoms with Crippen LogP contribution in [-0.4, -0.2) is 44.2 Å². The highest BCUT2D eigenvalue weighted by Gasteiger charge is 2.34. The number of hydrogen-bond donors (Lipinski definition) is 1. The first-order valence-corrected chi connectivity index (χ1v) is 7.36. The third-order valence-electron chi connectivity index (χ3n) is 3.82. The summed E-state index contributed by atoms with van der Waals surface area (Å²) in [5, 5.41) is 0. The third-order valence-corrected chi connectivity index (χ3v) is 3.82. The van der Waals surface area contributed by atoms with Crippen molar-refractivity contribution in [3.63, 3.8) is 0 Å². The molecule has 0 aliphatic carbocycles. The van der Waals surface area contributed by atoms with Gasteiger partial charge in [0.2, 0.25) is 0 Å². The molecule has 0 atom stereocenters. The van der Waals surface area contributed by atoms with Crippen LogP contribution >= 0.6 is 0 Å². The molecule has 1 aliphatic rings. The first-order valence-electron chi connectivity index (χ1n) is 7.36. The van der Waals surface area contributed by atoms with Gasteiger partial charge in [0, 0.05) is 25.3 Å². The zero-order valence-corrected chi connectivity index (χ0v) is 12.1. The lowest BCUT2D eigenvalue weighted by molar-refractivity contribution is -0.137. The van der Waals surface area contributed by atoms with Crippen LogP contribution in [0.4, 0.5) is 18.9 Å². The van der Waals surface area contributed by atoms with Crippen molar-refractivity contribution in [2.24, 2.45) is 5.73 Å². The van der Waals surface area contributed by atoms with E-state index in [2.05, 4.69) is 4.90 Å². The molecule has 1 aromatic carbocycles. The van der Waals surface area contributed by atoms with Gasteiger partial charge in [0.1, 0.15) is 0 Å². The van der Waals surface area contributed by atoms with Crippen molar-refractivity contribution < 1.29 is 13.2 Å². The van der Waals surface area contributed by atoms with Crippen LogP contribution in [0.1, 0.15) is 18.4 Å². The van der Waals surface area contributed by atoms with E-state index in [1.165, 1.54) is 6.07 Å². The van der Waals surface area contributed by atoms with E-state index in [1.54, 1.807) is 12.1 Å². The van der Waals surface area contributed by atoms with Gasteiger partial charge in [-0.25, -0.2) is 0 Å². The number of halogens is 3. The van der Waals surface area contributed by atoms with Gasteiger partial charge in [-0.3, -0.25) is 0 Å². The lowest BCUT2D eigenvalue weighted by Crippen LogP contribution is -2.32. The summed E-state index contributed by atoms with van der Waals surface area (Å²) in [6.45, 7) is 4.56. The van der Waals surface area contributed by atoms with Crippen LogP contribution in [0.25, 0.3) is 0 Å². The summed E-state index contributed by atoms with van der Waals surface area (Å²) >= 11 is 0. The summed E-state index contributed by atoms with van der Waals surface area (Å²) in [5.41, 5.74) is 5.26. The quantitative estimate of drug-likeness (QED) is 0.928. The summed E-state index contributed by atoms with van der Waals surface area (Å²) in [6, 6.07) is 5.84. The summed E-state index contributed by atoms with van der Waals surface area (Å²) in [7, 11) is 0. The second kappa shape index (κ2) is 7.13. The molecule has 1 aromatic rings. The molecule has 1 aliphatic heterocycles. The van der Waals surface area contributed by atoms with E-state index in [4.69, 9.17) is 5.73 Å². The third kappa shape index (κ3) is 4.35. The lowest BCUT2D eigenvalue weighted by Gasteiger charge is -2.26. The van der Waals surface area contributed by atoms with Gasteiger partial charge >= 0.3 is 6.18 Å². The maximum atomic E-state index is 13.1. The Balaban J connectivity index is 2.09. The topological polar surface area (TPSA) is 32.5 Å². The molecule has 118 valence electrons. The second-order valence-corrected chi connectivity index (χ2v) is 5.34. The van der Waals surface area contributed by atoms with Gasteiger partial charge in [-0.2, -0.15) is 13.2 Å². The smallest absolute Gasteiger partial charge is 0.370 e. The molecule has 1 saturated heterocycles. The molecule has 0 amide bonds. The number of hydrogen-bond acceptors (Lipinski definition) is 3. The predicted molar refractivity (Wildman–Crippen MR) is 78.4 cm³/mol. The van der Waals surface area contributed by atoms with Crippen LogP contribution in [0.15, 0.2) is 24.3 Å². The average Bonchev–Trinajstić information content (AvgIpc) is 2.69. The maximum absolute atomic E-state index is 13.1. The van der Waals surface area contributed by atoms with Crippen LogP contribution in [-0.2, 0) is 6.18 Å². The van der Waals surface area contributed by atoms with Crippen molar-refractivity contribution in [1.82, 2.24) is 4.90 Å². The second-order valence-electron chi connectivity index (χ2n) is 5.34. The van der Waals surface area contributed by atoms with Gasteiger partial charge in [0.25, 0.3) is 0 Å². The number of para-hydroxylation sites is 1. The molecule has 0 aromatic heterocycles. The minimum absolute atomic E-state index is 0.297. The van der Waals surface area contributed by atoms with Crippen LogP contribution in [0.3, 0.4) is 0 Å². The molecule has 1 fully saturated rings. The molecule has 2 rings (SSSR count). The van der Waals surface area contributed by atoms with Crippen LogP contribution in [0.2, 0.25) is 0 Å². The van der Waals surface area contributed by atoms with Gasteiger partial charge < -0.3 is 15.5 Å². The van der Waals surface area contributed by atoms with Crippen molar-refractivity contribution in [3.05, 3.63) is 29.8 Å². The van der Waals surface area contributed by atoms with E-state index in [1.807, 2.05) is 4.90 Å². The van der Waals surface area contributed by atoms with E-state index < -0.39 is 11.7 Å². The minimum Gasteiger partial charge on any atom is -0.370 e. The van der Waals surface area contributed by atoms with Gasteiger partial charge in [-0.1, -0.05) is 12.1 Å². The highest BCUT2D eigenvalue weighted by molar-refractivity contribution is 5.55. The average molecular weight is 301 g/mol. The Bertz CT molecular complexity index is 448. The highest BCUT2D eigenvalue weighted by atomic mass is 19.4. The minimum atomic E-state index is -4.30. The van der Waals surface area contributed by atoms with Crippen molar-refractivity contribution in [2.45, 2.75) is 19.0 Å². The Morgan fingerprint density at radius 3 is 2.52 bits per heavy atom. The fourth-order valence-electron chi connectivity index (χ4n) is 2.74. The highest BCUT2D eigenvalue weighted by Crippen LogP contribution is 2.36. The zero-order valence-electron chi connectivity index (χ0n) is 12.1. The molecule has 0 bridgehead atoms. The molecular weight excluding hydrogens is 279 g/mol. The first-order chi connectivity index (χ1) is 10.0. The number of anilines is 1. The molecule has 0 saturated carbocycles. The van der Waals surface area contributed by atoms with Gasteiger partial charge in [-0.15, -0.1) is 0 Å². The van der Waals surface area contributed by atoms with Gasteiger partial charge in [-0.05, 0) is 44.6 Å². The van der Waals surface area contributed by atoms with Crippen molar-refractivity contribution in [3.8, 4) is 0 Å². The summed E-state index contributed by atoms with van der Waals surface area (Å²) < 4.78 is 39.3. The largest absolute Gasteiger partial charge is 0.418 e. The standard InChI is InChI=1S/C15H22F3N3/c16-15(17,18)13-5-1-2-6-14(13)21-10-4-9-20(11-12-21)8-3-7-19/h1-2,5-6H,3-4,7-12,19H2. The summed E-state index contributed by atoms with van der Waals surface area (Å²) in [4.78, 5) is 4.13. The molecule has 0 radical (unpaired) electrons. The monoisotopic (exact) mass is 301 g/mol. The SMILES string of the molecule is NCCCN1CCCN(c2ccccc2C(F)(F)F)CC1. The van der Waals surface area contributed by atoms with Crippen molar-refractivity contribution in [1.29, 1.82) is 0 Å². The molecule has 6 heteroatoms. The molecular formula is C15H22F3N3. The first kappa shape index (κ1) is 16.1. The van der Waals surface area contributed by atoms with Crippen LogP contribution in [0, 0.1) is 0 Å². The Labute approximate surface area is 123 Å². The fourth-order valence-corrected chi connectivity index (χ4v) is 2.74. The Morgan fingerprint density at radius 2 is 1.81 bits per heavy atom. The molecule has 0 spiro atoms. The van der Waals surface area contributed by atoms with Gasteiger partial charge in [0.05, 0.1) is 5.56 Å². The fraction of sp³-hybridized carbons (Fsp3) is 0.600. The summed E-state index contributed by atoms with van der Waals surface area (Å²) in [5.74, 6) is 0. The predicted octanol–water partition coefficient (Wildman–Crippen LogP) is 2.57. The Hall–Kier alpha value is -1.27. The normalized spacial score (nSPS) is 17.8. The zero-order chi connectivity index (χ0) is 15.3. The Morgan fingerprint density at radius 1 is 1.05 bits per heavy atom. The number of rotatable bonds is 4. The molecule has 1 heterocycles. The molecule has 3 nitrogen and oxygen atoms in total. The molecule has 0 unspecified atom stereocenters. The molecule has 2 N–H and O–H groups in total. The van der Waals surface area contributed by atoms with Crippen molar-refractivity contribution >= 4 is 5.69 Å². The number of nitrogens with zero attached hydrogens (tertiary/aromatic N) is 2. The number of alkyl halides is 3. The maximum Gasteiger partial charge on any atom is 0.418 e. The van der Waals surface area contributed by atoms with E-state index in [0.29, 0.717) is 25.3 Å². The van der Waals surface area contributed by atoms with E-state index in [-0.39, 0.29) is 0 Å². The Kier molecular flexibility index (Phi) is 5.47. The van der Waals surface area contributed by atoms with Crippen LogP contribution in [0.5, 0.6) is 0 Å². The van der Waals surface area contributed by atoms with Crippen LogP contribution < -0.4 is 10.6 Å². The van der Waals surface area contributed by atoms with Crippen molar-refractivity contribution in [2.75, 3.05) is 44.2 Å². The van der Waals surface area contributed by atoms with Gasteiger partial charge in [0.15, 0.2) is 0 Å². The van der Waals surface area contributed by atoms with E-state index >= 15 is 0 Å².